The molecule has 4 aromatic rings. The average Bonchev–Trinajstić information content (AvgIpc) is 3.14. The molecule has 3 aromatic carbocycles. The molecule has 5 rings (SSSR count). The second-order valence-corrected chi connectivity index (χ2v) is 7.32. The monoisotopic (exact) mass is 411 g/mol. The number of nitrogens with zero attached hydrogens (tertiary/aromatic N) is 1. The maximum atomic E-state index is 13.2. The Balaban J connectivity index is 1.87. The first-order valence-electron chi connectivity index (χ1n) is 9.62. The smallest absolute Gasteiger partial charge is 0.271 e. The molecule has 0 unspecified atom stereocenters. The van der Waals surface area contributed by atoms with Crippen LogP contribution < -0.4 is 21.0 Å². The Morgan fingerprint density at radius 3 is 2.48 bits per heavy atom. The number of hydrogen-bond donors (Lipinski definition) is 3. The summed E-state index contributed by atoms with van der Waals surface area (Å²) in [5.41, 5.74) is 0.675. The van der Waals surface area contributed by atoms with Crippen LogP contribution in [-0.2, 0) is 4.79 Å². The van der Waals surface area contributed by atoms with Gasteiger partial charge in [0.1, 0.15) is 11.3 Å². The first-order chi connectivity index (χ1) is 15.0. The molecular weight excluding hydrogens is 394 g/mol. The Bertz CT molecular complexity index is 1580. The molecular formula is C24H17N3O4. The van der Waals surface area contributed by atoms with E-state index in [-0.39, 0.29) is 21.9 Å². The van der Waals surface area contributed by atoms with Crippen molar-refractivity contribution in [2.75, 3.05) is 11.9 Å². The molecule has 0 saturated heterocycles. The highest BCUT2D eigenvalue weighted by Gasteiger charge is 2.33. The van der Waals surface area contributed by atoms with Gasteiger partial charge in [0.15, 0.2) is 0 Å². The van der Waals surface area contributed by atoms with Crippen LogP contribution in [0.3, 0.4) is 0 Å². The van der Waals surface area contributed by atoms with Crippen molar-refractivity contribution in [3.63, 3.8) is 0 Å². The lowest BCUT2D eigenvalue weighted by Gasteiger charge is -2.25. The van der Waals surface area contributed by atoms with Crippen LogP contribution in [-0.4, -0.2) is 34.0 Å². The van der Waals surface area contributed by atoms with Crippen molar-refractivity contribution in [3.8, 4) is 5.75 Å². The molecule has 0 aliphatic carbocycles. The molecule has 7 heteroatoms. The van der Waals surface area contributed by atoms with Gasteiger partial charge in [0.25, 0.3) is 11.5 Å². The largest absolute Gasteiger partial charge is 0.507 e. The van der Waals surface area contributed by atoms with E-state index < -0.39 is 17.2 Å². The summed E-state index contributed by atoms with van der Waals surface area (Å²) in [7, 11) is 1.58. The zero-order chi connectivity index (χ0) is 21.7. The Kier molecular flexibility index (Phi) is 4.11. The minimum absolute atomic E-state index is 0.0148. The van der Waals surface area contributed by atoms with E-state index >= 15 is 0 Å². The summed E-state index contributed by atoms with van der Waals surface area (Å²) in [5, 5.41) is 17.4. The summed E-state index contributed by atoms with van der Waals surface area (Å²) in [6.07, 6.45) is 1.50. The summed E-state index contributed by atoms with van der Waals surface area (Å²) in [6.45, 7) is 0. The van der Waals surface area contributed by atoms with Crippen LogP contribution in [0, 0.1) is 0 Å². The summed E-state index contributed by atoms with van der Waals surface area (Å²) >= 11 is 0. The highest BCUT2D eigenvalue weighted by Crippen LogP contribution is 2.29. The van der Waals surface area contributed by atoms with E-state index in [1.807, 2.05) is 24.3 Å². The lowest BCUT2D eigenvalue weighted by molar-refractivity contribution is -0.113. The average molecular weight is 411 g/mol. The predicted molar refractivity (Wildman–Crippen MR) is 117 cm³/mol. The summed E-state index contributed by atoms with van der Waals surface area (Å²) in [5.74, 6) is -1.000. The topological polar surface area (TPSA) is 106 Å². The molecule has 31 heavy (non-hydrogen) atoms. The van der Waals surface area contributed by atoms with Crippen molar-refractivity contribution < 1.29 is 14.7 Å². The number of ketones is 1. The number of fused-ring (bicyclic) bond motifs is 2. The molecule has 0 radical (unpaired) electrons. The number of nitrogens with one attached hydrogen (secondary N) is 2. The number of rotatable bonds is 1. The van der Waals surface area contributed by atoms with Crippen LogP contribution in [0.4, 0.5) is 5.69 Å². The van der Waals surface area contributed by atoms with Gasteiger partial charge in [-0.05, 0) is 35.0 Å². The van der Waals surface area contributed by atoms with Crippen molar-refractivity contribution in [1.82, 2.24) is 10.2 Å². The van der Waals surface area contributed by atoms with Gasteiger partial charge in [-0.25, -0.2) is 0 Å². The maximum Gasteiger partial charge on any atom is 0.271 e. The second kappa shape index (κ2) is 6.84. The first-order valence-corrected chi connectivity index (χ1v) is 9.62. The molecule has 1 aliphatic heterocycles. The lowest BCUT2D eigenvalue weighted by Crippen LogP contribution is -2.44. The molecule has 0 spiro atoms. The fourth-order valence-electron chi connectivity index (χ4n) is 3.97. The van der Waals surface area contributed by atoms with Crippen molar-refractivity contribution in [2.24, 2.45) is 0 Å². The number of para-hydroxylation sites is 1. The molecule has 1 amide bonds. The third-order valence-electron chi connectivity index (χ3n) is 5.56. The zero-order valence-electron chi connectivity index (χ0n) is 16.5. The summed E-state index contributed by atoms with van der Waals surface area (Å²) < 4.78 is 0. The number of amides is 1. The van der Waals surface area contributed by atoms with E-state index in [2.05, 4.69) is 10.2 Å². The van der Waals surface area contributed by atoms with Crippen LogP contribution in [0.15, 0.2) is 65.5 Å². The van der Waals surface area contributed by atoms with Crippen molar-refractivity contribution in [2.45, 2.75) is 0 Å². The minimum Gasteiger partial charge on any atom is -0.507 e. The van der Waals surface area contributed by atoms with Crippen molar-refractivity contribution in [3.05, 3.63) is 92.7 Å². The fourth-order valence-corrected chi connectivity index (χ4v) is 3.97. The highest BCUT2D eigenvalue weighted by molar-refractivity contribution is 6.51. The molecule has 152 valence electrons. The standard InChI is InChI=1S/C24H17N3O4/c1-27-18-9-5-4-8-15(18)22(29)20(24(27)31)21-17(23(30)26-25-21)12-16-14-7-3-2-6-13(14)10-11-19(16)28/h2-12,25,28H,1H3,(H,26,30)/b17-12-,21-20?. The lowest BCUT2D eigenvalue weighted by atomic mass is 9.94. The van der Waals surface area contributed by atoms with Gasteiger partial charge >= 0.3 is 0 Å². The summed E-state index contributed by atoms with van der Waals surface area (Å²) in [6, 6.07) is 17.6. The molecule has 2 heterocycles. The molecule has 1 aromatic heterocycles. The predicted octanol–water partition coefficient (Wildman–Crippen LogP) is 1.40. The van der Waals surface area contributed by atoms with E-state index in [1.54, 1.807) is 43.4 Å². The van der Waals surface area contributed by atoms with Gasteiger partial charge in [0, 0.05) is 18.2 Å². The van der Waals surface area contributed by atoms with Gasteiger partial charge in [0.2, 0.25) is 5.78 Å². The van der Waals surface area contributed by atoms with Crippen LogP contribution >= 0.6 is 0 Å². The van der Waals surface area contributed by atoms with Gasteiger partial charge in [-0.2, -0.15) is 0 Å². The molecule has 0 fully saturated rings. The van der Waals surface area contributed by atoms with Crippen molar-refractivity contribution >= 4 is 39.8 Å². The third-order valence-corrected chi connectivity index (χ3v) is 5.56. The number of carbonyl (C=O) groups is 2. The van der Waals surface area contributed by atoms with Crippen LogP contribution in [0.5, 0.6) is 5.75 Å². The first kappa shape index (κ1) is 18.6. The molecule has 0 saturated carbocycles. The Labute approximate surface area is 175 Å². The fraction of sp³-hybridized carbons (Fsp3) is 0.0417. The number of Topliss-reactive ketones (excluding diaryl/α,β-unsaturated/α-hetero) is 1. The number of hydrogen-bond acceptors (Lipinski definition) is 4. The highest BCUT2D eigenvalue weighted by atomic mass is 16.3. The Hall–Kier alpha value is -4.39. The maximum absolute atomic E-state index is 13.2. The van der Waals surface area contributed by atoms with Crippen LogP contribution in [0.1, 0.15) is 15.9 Å². The van der Waals surface area contributed by atoms with E-state index in [9.17, 15) is 19.5 Å². The van der Waals surface area contributed by atoms with E-state index in [0.29, 0.717) is 16.8 Å². The Morgan fingerprint density at radius 2 is 1.65 bits per heavy atom. The van der Waals surface area contributed by atoms with E-state index in [1.165, 1.54) is 11.0 Å². The summed E-state index contributed by atoms with van der Waals surface area (Å²) in [4.78, 5) is 40.3. The van der Waals surface area contributed by atoms with Crippen molar-refractivity contribution in [1.29, 1.82) is 0 Å². The normalized spacial score (nSPS) is 16.2. The minimum atomic E-state index is -0.518. The molecule has 3 N–H and O–H groups in total. The van der Waals surface area contributed by atoms with Gasteiger partial charge < -0.3 is 10.0 Å². The molecule has 0 bridgehead atoms. The number of carbonyl (C=O) groups excluding carboxylic acids is 2. The number of aromatic nitrogens is 2. The number of benzene rings is 3. The zero-order valence-corrected chi connectivity index (χ0v) is 16.5. The van der Waals surface area contributed by atoms with Gasteiger partial charge in [0.05, 0.1) is 16.3 Å². The SMILES string of the molecule is CN1C(=O)C(=c2[nH][nH]c(=O)/c2=C\c2c(O)ccc3ccccc23)C(=O)c2ccccc21. The number of H-pyrrole nitrogens is 2. The number of aromatic amines is 2. The molecule has 7 nitrogen and oxygen atoms in total. The van der Waals surface area contributed by atoms with Crippen LogP contribution in [0.2, 0.25) is 0 Å². The number of phenolic OH excluding ortho intramolecular Hbond substituents is 1. The van der Waals surface area contributed by atoms with E-state index in [0.717, 1.165) is 10.8 Å². The van der Waals surface area contributed by atoms with Crippen LogP contribution in [0.25, 0.3) is 22.4 Å². The van der Waals surface area contributed by atoms with E-state index in [4.69, 9.17) is 0 Å². The quantitative estimate of drug-likeness (QED) is 0.440. The number of anilines is 1. The number of aromatic hydroxyl groups is 1. The number of phenols is 1. The molecule has 0 atom stereocenters. The third kappa shape index (κ3) is 2.78. The second-order valence-electron chi connectivity index (χ2n) is 7.32. The van der Waals surface area contributed by atoms with Gasteiger partial charge in [-0.3, -0.25) is 24.6 Å². The van der Waals surface area contributed by atoms with Gasteiger partial charge in [-0.15, -0.1) is 0 Å². The Morgan fingerprint density at radius 1 is 0.903 bits per heavy atom. The molecule has 1 aliphatic rings. The van der Waals surface area contributed by atoms with Gasteiger partial charge in [-0.1, -0.05) is 42.5 Å².